The van der Waals surface area contributed by atoms with Crippen LogP contribution in [0.25, 0.3) is 10.2 Å². The lowest BCUT2D eigenvalue weighted by Gasteiger charge is -2.16. The quantitative estimate of drug-likeness (QED) is 0.305. The zero-order chi connectivity index (χ0) is 20.4. The van der Waals surface area contributed by atoms with E-state index in [9.17, 15) is 4.79 Å². The number of nitrogens with zero attached hydrogens (tertiary/aromatic N) is 2. The number of aryl methyl sites for hydroxylation is 2. The largest absolute Gasteiger partial charge is 0.331 e. The summed E-state index contributed by atoms with van der Waals surface area (Å²) in [6, 6.07) is 7.19. The highest BCUT2D eigenvalue weighted by Gasteiger charge is 2.21. The van der Waals surface area contributed by atoms with Crippen LogP contribution >= 0.6 is 35.2 Å². The van der Waals surface area contributed by atoms with Crippen molar-refractivity contribution < 1.29 is 0 Å². The Labute approximate surface area is 182 Å². The van der Waals surface area contributed by atoms with Crippen molar-refractivity contribution in [1.29, 1.82) is 0 Å². The van der Waals surface area contributed by atoms with Crippen molar-refractivity contribution in [3.8, 4) is 0 Å². The number of thiocarbonyl (C=S) groups is 1. The molecule has 0 saturated carbocycles. The number of hydrazine groups is 1. The van der Waals surface area contributed by atoms with Gasteiger partial charge in [-0.1, -0.05) is 17.7 Å². The van der Waals surface area contributed by atoms with E-state index in [4.69, 9.17) is 28.8 Å². The summed E-state index contributed by atoms with van der Waals surface area (Å²) >= 11 is 12.8. The number of nitrogens with one attached hydrogen (secondary N) is 3. The summed E-state index contributed by atoms with van der Waals surface area (Å²) in [4.78, 5) is 19.9. The second-order valence-corrected chi connectivity index (χ2v) is 8.67. The molecule has 0 fully saturated rings. The van der Waals surface area contributed by atoms with Gasteiger partial charge in [-0.15, -0.1) is 17.9 Å². The number of anilines is 2. The van der Waals surface area contributed by atoms with Gasteiger partial charge in [-0.05, 0) is 67.7 Å². The van der Waals surface area contributed by atoms with Crippen molar-refractivity contribution in [3.05, 3.63) is 62.7 Å². The first-order valence-electron chi connectivity index (χ1n) is 9.31. The van der Waals surface area contributed by atoms with E-state index < -0.39 is 0 Å². The number of halogens is 1. The Bertz CT molecular complexity index is 1140. The summed E-state index contributed by atoms with van der Waals surface area (Å²) in [6.45, 7) is 4.12. The predicted octanol–water partition coefficient (Wildman–Crippen LogP) is 4.49. The van der Waals surface area contributed by atoms with Crippen molar-refractivity contribution in [1.82, 2.24) is 15.0 Å². The molecule has 1 aliphatic carbocycles. The van der Waals surface area contributed by atoms with E-state index in [0.717, 1.165) is 41.6 Å². The van der Waals surface area contributed by atoms with Gasteiger partial charge in [-0.3, -0.25) is 20.2 Å². The predicted molar refractivity (Wildman–Crippen MR) is 125 cm³/mol. The van der Waals surface area contributed by atoms with Gasteiger partial charge in [0.05, 0.1) is 5.39 Å². The lowest BCUT2D eigenvalue weighted by molar-refractivity contribution is 0.698. The molecule has 150 valence electrons. The first kappa shape index (κ1) is 19.9. The van der Waals surface area contributed by atoms with Crippen LogP contribution in [0, 0.1) is 0 Å². The minimum atomic E-state index is -0.0461. The molecule has 29 heavy (non-hydrogen) atoms. The Hall–Kier alpha value is -2.42. The maximum absolute atomic E-state index is 13.2. The maximum atomic E-state index is 13.2. The lowest BCUT2D eigenvalue weighted by atomic mass is 9.97. The monoisotopic (exact) mass is 445 g/mol. The van der Waals surface area contributed by atoms with Gasteiger partial charge in [0.25, 0.3) is 5.56 Å². The molecule has 9 heteroatoms. The Morgan fingerprint density at radius 1 is 1.31 bits per heavy atom. The molecule has 2 heterocycles. The van der Waals surface area contributed by atoms with Gasteiger partial charge in [0, 0.05) is 22.1 Å². The number of fused-ring (bicyclic) bond motifs is 3. The first-order valence-corrected chi connectivity index (χ1v) is 10.9. The third-order valence-electron chi connectivity index (χ3n) is 4.78. The normalized spacial score (nSPS) is 13.0. The lowest BCUT2D eigenvalue weighted by Crippen LogP contribution is -2.36. The van der Waals surface area contributed by atoms with Gasteiger partial charge >= 0.3 is 0 Å². The third kappa shape index (κ3) is 4.14. The minimum absolute atomic E-state index is 0.0461. The van der Waals surface area contributed by atoms with Crippen molar-refractivity contribution in [2.75, 3.05) is 10.7 Å². The molecule has 0 radical (unpaired) electrons. The van der Waals surface area contributed by atoms with Crippen LogP contribution in [-0.4, -0.2) is 14.7 Å². The van der Waals surface area contributed by atoms with E-state index in [1.165, 1.54) is 10.4 Å². The summed E-state index contributed by atoms with van der Waals surface area (Å²) in [5.41, 5.74) is 7.80. The number of hydrogen-bond donors (Lipinski definition) is 3. The number of benzene rings is 1. The molecule has 0 spiro atoms. The van der Waals surface area contributed by atoms with Crippen LogP contribution in [0.1, 0.15) is 23.3 Å². The summed E-state index contributed by atoms with van der Waals surface area (Å²) in [7, 11) is 0. The Morgan fingerprint density at radius 3 is 2.83 bits per heavy atom. The summed E-state index contributed by atoms with van der Waals surface area (Å²) in [5.74, 6) is 0.404. The fraction of sp³-hybridized carbons (Fsp3) is 0.250. The van der Waals surface area contributed by atoms with Gasteiger partial charge in [-0.2, -0.15) is 0 Å². The highest BCUT2D eigenvalue weighted by atomic mass is 35.5. The minimum Gasteiger partial charge on any atom is -0.331 e. The van der Waals surface area contributed by atoms with Crippen molar-refractivity contribution >= 4 is 62.1 Å². The molecular weight excluding hydrogens is 426 g/mol. The molecule has 3 N–H and O–H groups in total. The van der Waals surface area contributed by atoms with Gasteiger partial charge in [-0.25, -0.2) is 4.98 Å². The molecule has 6 nitrogen and oxygen atoms in total. The molecule has 0 amide bonds. The van der Waals surface area contributed by atoms with Crippen molar-refractivity contribution in [2.45, 2.75) is 32.2 Å². The van der Waals surface area contributed by atoms with Crippen LogP contribution in [-0.2, 0) is 19.4 Å². The van der Waals surface area contributed by atoms with E-state index in [1.807, 2.05) is 12.1 Å². The Balaban J connectivity index is 1.59. The van der Waals surface area contributed by atoms with Crippen LogP contribution in [0.3, 0.4) is 0 Å². The van der Waals surface area contributed by atoms with Gasteiger partial charge in [0.2, 0.25) is 5.95 Å². The summed E-state index contributed by atoms with van der Waals surface area (Å²) in [5, 5.41) is 4.79. The zero-order valence-electron chi connectivity index (χ0n) is 15.6. The van der Waals surface area contributed by atoms with Crippen LogP contribution in [0.15, 0.2) is 41.7 Å². The van der Waals surface area contributed by atoms with Crippen molar-refractivity contribution in [2.24, 2.45) is 0 Å². The fourth-order valence-electron chi connectivity index (χ4n) is 3.44. The van der Waals surface area contributed by atoms with Gasteiger partial charge in [0.1, 0.15) is 4.83 Å². The highest BCUT2D eigenvalue weighted by Crippen LogP contribution is 2.34. The molecular formula is C20H20ClN5OS2. The van der Waals surface area contributed by atoms with Crippen LogP contribution in [0.2, 0.25) is 5.02 Å². The molecule has 0 unspecified atom stereocenters. The number of aromatic nitrogens is 2. The molecule has 4 rings (SSSR count). The molecule has 0 bridgehead atoms. The van der Waals surface area contributed by atoms with Gasteiger partial charge in [0.15, 0.2) is 5.11 Å². The molecule has 0 saturated heterocycles. The van der Waals surface area contributed by atoms with E-state index >= 15 is 0 Å². The highest BCUT2D eigenvalue weighted by molar-refractivity contribution is 7.80. The number of hydrogen-bond acceptors (Lipinski definition) is 5. The van der Waals surface area contributed by atoms with Crippen molar-refractivity contribution in [3.63, 3.8) is 0 Å². The third-order valence-corrected chi connectivity index (χ3v) is 6.42. The SMILES string of the molecule is C=CCn1c(NNC(=S)Nc2ccc(Cl)cc2)nc2sc3c(c2c1=O)CCCC3. The smallest absolute Gasteiger partial charge is 0.264 e. The fourth-order valence-corrected chi connectivity index (χ4v) is 4.99. The Kier molecular flexibility index (Phi) is 5.84. The number of thiophene rings is 1. The average Bonchev–Trinajstić information content (AvgIpc) is 3.09. The molecule has 3 aromatic rings. The second-order valence-electron chi connectivity index (χ2n) is 6.74. The van der Waals surface area contributed by atoms with E-state index in [0.29, 0.717) is 22.6 Å². The number of allylic oxidation sites excluding steroid dienone is 1. The van der Waals surface area contributed by atoms with Crippen LogP contribution in [0.5, 0.6) is 0 Å². The molecule has 0 atom stereocenters. The van der Waals surface area contributed by atoms with Gasteiger partial charge < -0.3 is 5.32 Å². The molecule has 0 aliphatic heterocycles. The number of rotatable bonds is 5. The van der Waals surface area contributed by atoms with E-state index in [2.05, 4.69) is 22.7 Å². The van der Waals surface area contributed by atoms with Crippen LogP contribution < -0.4 is 21.7 Å². The maximum Gasteiger partial charge on any atom is 0.264 e. The topological polar surface area (TPSA) is 71.0 Å². The molecule has 1 aliphatic rings. The Morgan fingerprint density at radius 2 is 2.07 bits per heavy atom. The van der Waals surface area contributed by atoms with Crippen LogP contribution in [0.4, 0.5) is 11.6 Å². The first-order chi connectivity index (χ1) is 14.1. The van der Waals surface area contributed by atoms with E-state index in [-0.39, 0.29) is 5.56 Å². The molecule has 2 aromatic heterocycles. The van der Waals surface area contributed by atoms with E-state index in [1.54, 1.807) is 34.1 Å². The zero-order valence-corrected chi connectivity index (χ0v) is 18.0. The average molecular weight is 446 g/mol. The summed E-state index contributed by atoms with van der Waals surface area (Å²) < 4.78 is 1.58. The summed E-state index contributed by atoms with van der Waals surface area (Å²) in [6.07, 6.45) is 5.93. The molecule has 1 aromatic carbocycles. The standard InChI is InChI=1S/C20H20ClN5OS2/c1-2-11-26-18(27)16-14-5-3-4-6-15(14)29-17(16)23-19(26)24-25-20(28)22-13-9-7-12(21)8-10-13/h2,7-10H,1,3-6,11H2,(H,23,24)(H2,22,25,28). The second kappa shape index (κ2) is 8.52.